The van der Waals surface area contributed by atoms with Crippen LogP contribution < -0.4 is 4.90 Å². The molecule has 5 rings (SSSR count). The number of halogens is 5. The minimum Gasteiger partial charge on any atom is -0.439 e. The number of urea groups is 1. The van der Waals surface area contributed by atoms with Crippen LogP contribution >= 0.6 is 23.2 Å². The molecule has 0 spiro atoms. The van der Waals surface area contributed by atoms with Crippen molar-refractivity contribution < 1.29 is 22.4 Å². The highest BCUT2D eigenvalue weighted by atomic mass is 35.5. The number of amides is 2. The topological polar surface area (TPSA) is 49.6 Å². The molecule has 1 aliphatic rings. The highest BCUT2D eigenvalue weighted by Gasteiger charge is 2.41. The second kappa shape index (κ2) is 9.52. The Morgan fingerprint density at radius 1 is 0.972 bits per heavy atom. The number of rotatable bonds is 5. The van der Waals surface area contributed by atoms with Crippen LogP contribution in [0.5, 0.6) is 0 Å². The van der Waals surface area contributed by atoms with Gasteiger partial charge in [-0.15, -0.1) is 0 Å². The first kappa shape index (κ1) is 24.2. The van der Waals surface area contributed by atoms with E-state index in [9.17, 15) is 18.0 Å². The van der Waals surface area contributed by atoms with E-state index in [-0.39, 0.29) is 19.1 Å². The number of nitrogens with zero attached hydrogens (tertiary/aromatic N) is 3. The highest BCUT2D eigenvalue weighted by molar-refractivity contribution is 6.30. The summed E-state index contributed by atoms with van der Waals surface area (Å²) in [6.07, 6.45) is -2.94. The van der Waals surface area contributed by atoms with Gasteiger partial charge in [0.05, 0.1) is 24.3 Å². The third kappa shape index (κ3) is 4.92. The molecule has 1 saturated heterocycles. The summed E-state index contributed by atoms with van der Waals surface area (Å²) in [6.45, 7) is 0.188. The van der Waals surface area contributed by atoms with E-state index >= 15 is 0 Å². The van der Waals surface area contributed by atoms with E-state index in [1.54, 1.807) is 60.8 Å². The Balaban J connectivity index is 1.45. The molecule has 4 aromatic rings. The maximum atomic E-state index is 13.5. The fourth-order valence-corrected chi connectivity index (χ4v) is 4.40. The van der Waals surface area contributed by atoms with Gasteiger partial charge in [0.1, 0.15) is 0 Å². The summed E-state index contributed by atoms with van der Waals surface area (Å²) in [5, 5.41) is 1.07. The van der Waals surface area contributed by atoms with Gasteiger partial charge in [-0.1, -0.05) is 35.3 Å². The lowest BCUT2D eigenvalue weighted by molar-refractivity contribution is -0.137. The Labute approximate surface area is 214 Å². The maximum Gasteiger partial charge on any atom is 0.416 e. The largest absolute Gasteiger partial charge is 0.439 e. The molecule has 0 N–H and O–H groups in total. The smallest absolute Gasteiger partial charge is 0.416 e. The van der Waals surface area contributed by atoms with E-state index in [0.717, 1.165) is 17.7 Å². The molecule has 5 nitrogen and oxygen atoms in total. The lowest BCUT2D eigenvalue weighted by Crippen LogP contribution is -2.32. The average molecular weight is 532 g/mol. The first-order valence-electron chi connectivity index (χ1n) is 10.9. The molecule has 1 aliphatic heterocycles. The first-order valence-corrected chi connectivity index (χ1v) is 11.7. The van der Waals surface area contributed by atoms with Gasteiger partial charge in [0, 0.05) is 27.8 Å². The van der Waals surface area contributed by atoms with Gasteiger partial charge in [-0.3, -0.25) is 4.90 Å². The Morgan fingerprint density at radius 2 is 1.64 bits per heavy atom. The first-order chi connectivity index (χ1) is 17.2. The molecule has 2 heterocycles. The van der Waals surface area contributed by atoms with Crippen LogP contribution in [0.3, 0.4) is 0 Å². The van der Waals surface area contributed by atoms with Crippen LogP contribution in [0.1, 0.15) is 23.1 Å². The highest BCUT2D eigenvalue weighted by Crippen LogP contribution is 2.38. The van der Waals surface area contributed by atoms with Crippen LogP contribution in [-0.2, 0) is 12.7 Å². The maximum absolute atomic E-state index is 13.5. The minimum absolute atomic E-state index is 0.0476. The monoisotopic (exact) mass is 531 g/mol. The molecule has 1 unspecified atom stereocenters. The van der Waals surface area contributed by atoms with Gasteiger partial charge < -0.3 is 9.32 Å². The lowest BCUT2D eigenvalue weighted by Gasteiger charge is -2.24. The Bertz CT molecular complexity index is 1390. The Kier molecular flexibility index (Phi) is 6.40. The van der Waals surface area contributed by atoms with E-state index in [1.165, 1.54) is 15.9 Å². The summed E-state index contributed by atoms with van der Waals surface area (Å²) in [5.41, 5.74) is 0.881. The molecule has 0 radical (unpaired) electrons. The summed E-state index contributed by atoms with van der Waals surface area (Å²) in [7, 11) is 0. The van der Waals surface area contributed by atoms with Crippen LogP contribution in [0, 0.1) is 0 Å². The van der Waals surface area contributed by atoms with E-state index in [4.69, 9.17) is 27.6 Å². The zero-order valence-electron chi connectivity index (χ0n) is 18.5. The van der Waals surface area contributed by atoms with E-state index in [2.05, 4.69) is 4.98 Å². The number of benzene rings is 3. The summed E-state index contributed by atoms with van der Waals surface area (Å²) in [6, 6.07) is 17.6. The third-order valence-corrected chi connectivity index (χ3v) is 6.40. The van der Waals surface area contributed by atoms with E-state index in [0.29, 0.717) is 32.9 Å². The third-order valence-electron chi connectivity index (χ3n) is 5.89. The molecule has 184 valence electrons. The van der Waals surface area contributed by atoms with Crippen molar-refractivity contribution in [2.75, 3.05) is 11.4 Å². The van der Waals surface area contributed by atoms with Gasteiger partial charge in [-0.25, -0.2) is 9.78 Å². The molecule has 2 amide bonds. The molecule has 36 heavy (non-hydrogen) atoms. The van der Waals surface area contributed by atoms with Crippen molar-refractivity contribution in [1.29, 1.82) is 0 Å². The number of carbonyl (C=O) groups is 1. The molecular formula is C26H18Cl2F3N3O2. The molecule has 0 aliphatic carbocycles. The molecule has 1 aromatic heterocycles. The predicted octanol–water partition coefficient (Wildman–Crippen LogP) is 7.85. The van der Waals surface area contributed by atoms with Gasteiger partial charge in [0.25, 0.3) is 0 Å². The van der Waals surface area contributed by atoms with Crippen LogP contribution in [0.2, 0.25) is 10.0 Å². The van der Waals surface area contributed by atoms with Crippen molar-refractivity contribution in [2.24, 2.45) is 0 Å². The molecule has 0 bridgehead atoms. The quantitative estimate of drug-likeness (QED) is 0.263. The summed E-state index contributed by atoms with van der Waals surface area (Å²) in [4.78, 5) is 20.7. The summed E-state index contributed by atoms with van der Waals surface area (Å²) >= 11 is 12.0. The number of carbonyl (C=O) groups excluding carboxylic acids is 1. The van der Waals surface area contributed by atoms with Crippen molar-refractivity contribution in [3.8, 4) is 11.3 Å². The molecule has 1 fully saturated rings. The average Bonchev–Trinajstić information content (AvgIpc) is 3.45. The molecule has 1 atom stereocenters. The molecule has 3 aromatic carbocycles. The fourth-order valence-electron chi connectivity index (χ4n) is 4.15. The van der Waals surface area contributed by atoms with Crippen molar-refractivity contribution >= 4 is 34.9 Å². The Hall–Kier alpha value is -3.49. The van der Waals surface area contributed by atoms with Crippen LogP contribution in [-0.4, -0.2) is 22.5 Å². The van der Waals surface area contributed by atoms with Crippen LogP contribution in [0.15, 0.2) is 83.4 Å². The van der Waals surface area contributed by atoms with Gasteiger partial charge in [-0.2, -0.15) is 13.2 Å². The Morgan fingerprint density at radius 3 is 2.31 bits per heavy atom. The fraction of sp³-hybridized carbons (Fsp3) is 0.154. The molecule has 10 heteroatoms. The van der Waals surface area contributed by atoms with Gasteiger partial charge >= 0.3 is 12.2 Å². The number of hydrogen-bond acceptors (Lipinski definition) is 3. The molecular weight excluding hydrogens is 514 g/mol. The normalized spacial score (nSPS) is 16.1. The summed E-state index contributed by atoms with van der Waals surface area (Å²) in [5.74, 6) is 0.811. The van der Waals surface area contributed by atoms with Gasteiger partial charge in [0.2, 0.25) is 5.89 Å². The molecule has 0 saturated carbocycles. The van der Waals surface area contributed by atoms with Crippen molar-refractivity contribution in [1.82, 2.24) is 9.88 Å². The lowest BCUT2D eigenvalue weighted by atomic mass is 10.0. The van der Waals surface area contributed by atoms with Gasteiger partial charge in [-0.05, 0) is 66.2 Å². The van der Waals surface area contributed by atoms with E-state index in [1.807, 2.05) is 0 Å². The SMILES string of the molecule is O=C1N(Cc2ncc(-c3ccc(Cl)cc3)o2)CC(c2cccc(C(F)(F)F)c2)N1c1ccc(Cl)cc1. The van der Waals surface area contributed by atoms with Crippen LogP contribution in [0.25, 0.3) is 11.3 Å². The predicted molar refractivity (Wildman–Crippen MR) is 131 cm³/mol. The van der Waals surface area contributed by atoms with Gasteiger partial charge in [0.15, 0.2) is 5.76 Å². The summed E-state index contributed by atoms with van der Waals surface area (Å²) < 4.78 is 46.0. The standard InChI is InChI=1S/C26H18Cl2F3N3O2/c27-19-6-4-16(5-7-19)23-13-32-24(36-23)15-33-14-22(17-2-1-3-18(12-17)26(29,30)31)34(25(33)35)21-10-8-20(28)9-11-21/h1-13,22H,14-15H2. The van der Waals surface area contributed by atoms with Crippen LogP contribution in [0.4, 0.5) is 23.7 Å². The number of oxazole rings is 1. The number of alkyl halides is 3. The number of anilines is 1. The minimum atomic E-state index is -4.50. The second-order valence-electron chi connectivity index (χ2n) is 8.27. The number of hydrogen-bond donors (Lipinski definition) is 0. The van der Waals surface area contributed by atoms with Crippen molar-refractivity contribution in [2.45, 2.75) is 18.8 Å². The number of aromatic nitrogens is 1. The zero-order chi connectivity index (χ0) is 25.4. The zero-order valence-corrected chi connectivity index (χ0v) is 20.1. The van der Waals surface area contributed by atoms with E-state index < -0.39 is 17.8 Å². The van der Waals surface area contributed by atoms with Crippen molar-refractivity contribution in [3.63, 3.8) is 0 Å². The van der Waals surface area contributed by atoms with Crippen molar-refractivity contribution in [3.05, 3.63) is 106 Å². The second-order valence-corrected chi connectivity index (χ2v) is 9.15.